The van der Waals surface area contributed by atoms with Gasteiger partial charge in [0.2, 0.25) is 0 Å². The Balaban J connectivity index is 2.06. The van der Waals surface area contributed by atoms with E-state index in [1.165, 1.54) is 103 Å². The second-order valence-corrected chi connectivity index (χ2v) is 11.8. The number of piperidine rings is 1. The molecule has 1 saturated heterocycles. The number of carbonyl (C=O) groups is 1. The number of hydrogen-bond acceptors (Lipinski definition) is 3. The molecule has 1 amide bonds. The summed E-state index contributed by atoms with van der Waals surface area (Å²) in [4.78, 5) is 14.3. The fourth-order valence-corrected chi connectivity index (χ4v) is 5.94. The summed E-state index contributed by atoms with van der Waals surface area (Å²) in [6.45, 7) is 12.7. The van der Waals surface area contributed by atoms with Crippen LogP contribution in [0.15, 0.2) is 0 Å². The molecule has 0 atom stereocenters. The summed E-state index contributed by atoms with van der Waals surface area (Å²) in [5.74, 6) is 0. The van der Waals surface area contributed by atoms with Gasteiger partial charge in [0.25, 0.3) is 0 Å². The van der Waals surface area contributed by atoms with Gasteiger partial charge in [-0.2, -0.15) is 0 Å². The maximum atomic E-state index is 11.7. The second-order valence-electron chi connectivity index (χ2n) is 11.8. The molecule has 1 N–H and O–H groups in total. The molecule has 33 heavy (non-hydrogen) atoms. The van der Waals surface area contributed by atoms with E-state index in [-0.39, 0.29) is 23.3 Å². The SMILES string of the molecule is CCCCCCCCCCCCCCCCCCN1C(C)(C)CC(OC(=O)NC)CC1(C)C. The normalized spacial score (nSPS) is 18.4. The molecule has 1 fully saturated rings. The van der Waals surface area contributed by atoms with E-state index in [1.807, 2.05) is 0 Å². The van der Waals surface area contributed by atoms with Crippen LogP contribution in [0.1, 0.15) is 150 Å². The van der Waals surface area contributed by atoms with Gasteiger partial charge in [0.05, 0.1) is 0 Å². The topological polar surface area (TPSA) is 41.6 Å². The van der Waals surface area contributed by atoms with Crippen molar-refractivity contribution in [3.8, 4) is 0 Å². The van der Waals surface area contributed by atoms with E-state index in [1.54, 1.807) is 7.05 Å². The number of unbranched alkanes of at least 4 members (excludes halogenated alkanes) is 15. The minimum absolute atomic E-state index is 0.00278. The van der Waals surface area contributed by atoms with Gasteiger partial charge in [-0.3, -0.25) is 4.90 Å². The van der Waals surface area contributed by atoms with Crippen molar-refractivity contribution in [3.63, 3.8) is 0 Å². The Hall–Kier alpha value is -0.770. The first kappa shape index (κ1) is 30.3. The zero-order chi connectivity index (χ0) is 24.6. The van der Waals surface area contributed by atoms with E-state index in [0.717, 1.165) is 19.4 Å². The van der Waals surface area contributed by atoms with E-state index in [2.05, 4.69) is 44.8 Å². The first-order chi connectivity index (χ1) is 15.7. The van der Waals surface area contributed by atoms with Crippen molar-refractivity contribution >= 4 is 6.09 Å². The highest BCUT2D eigenvalue weighted by atomic mass is 16.6. The highest BCUT2D eigenvalue weighted by Gasteiger charge is 2.46. The number of hydrogen-bond donors (Lipinski definition) is 1. The summed E-state index contributed by atoms with van der Waals surface area (Å²) < 4.78 is 5.62. The van der Waals surface area contributed by atoms with Gasteiger partial charge < -0.3 is 10.1 Å². The average Bonchev–Trinajstić information content (AvgIpc) is 2.74. The molecule has 0 saturated carbocycles. The Morgan fingerprint density at radius 2 is 1.09 bits per heavy atom. The predicted molar refractivity (Wildman–Crippen MR) is 143 cm³/mol. The van der Waals surface area contributed by atoms with E-state index in [0.29, 0.717) is 0 Å². The van der Waals surface area contributed by atoms with Crippen molar-refractivity contribution in [1.29, 1.82) is 0 Å². The molecule has 1 rings (SSSR count). The van der Waals surface area contributed by atoms with Crippen molar-refractivity contribution in [2.24, 2.45) is 0 Å². The Morgan fingerprint density at radius 3 is 1.45 bits per heavy atom. The fourth-order valence-electron chi connectivity index (χ4n) is 5.94. The van der Waals surface area contributed by atoms with Gasteiger partial charge in [0.15, 0.2) is 0 Å². The molecule has 0 aromatic rings. The third-order valence-corrected chi connectivity index (χ3v) is 7.63. The Morgan fingerprint density at radius 1 is 0.727 bits per heavy atom. The van der Waals surface area contributed by atoms with Crippen molar-refractivity contribution in [1.82, 2.24) is 10.2 Å². The van der Waals surface area contributed by atoms with Crippen LogP contribution < -0.4 is 5.32 Å². The lowest BCUT2D eigenvalue weighted by molar-refractivity contribution is -0.0836. The summed E-state index contributed by atoms with van der Waals surface area (Å²) in [7, 11) is 1.63. The predicted octanol–water partition coefficient (Wildman–Crippen LogP) is 8.63. The van der Waals surface area contributed by atoms with Gasteiger partial charge in [-0.25, -0.2) is 4.79 Å². The van der Waals surface area contributed by atoms with Crippen LogP contribution >= 0.6 is 0 Å². The number of ether oxygens (including phenoxy) is 1. The van der Waals surface area contributed by atoms with Crippen molar-refractivity contribution in [3.05, 3.63) is 0 Å². The van der Waals surface area contributed by atoms with Crippen LogP contribution in [0, 0.1) is 0 Å². The summed E-state index contributed by atoms with van der Waals surface area (Å²) in [6.07, 6.45) is 24.1. The molecule has 4 heteroatoms. The van der Waals surface area contributed by atoms with Crippen molar-refractivity contribution in [2.75, 3.05) is 13.6 Å². The van der Waals surface area contributed by atoms with Crippen molar-refractivity contribution in [2.45, 2.75) is 167 Å². The third kappa shape index (κ3) is 13.0. The zero-order valence-corrected chi connectivity index (χ0v) is 23.3. The number of amides is 1. The molecule has 1 aliphatic heterocycles. The molecular formula is C29H58N2O2. The first-order valence-corrected chi connectivity index (χ1v) is 14.4. The lowest BCUT2D eigenvalue weighted by atomic mass is 9.78. The molecule has 0 spiro atoms. The number of nitrogens with zero attached hydrogens (tertiary/aromatic N) is 1. The van der Waals surface area contributed by atoms with Gasteiger partial charge >= 0.3 is 6.09 Å². The minimum atomic E-state index is -0.308. The molecule has 1 heterocycles. The van der Waals surface area contributed by atoms with Crippen LogP contribution in [0.2, 0.25) is 0 Å². The summed E-state index contributed by atoms with van der Waals surface area (Å²) >= 11 is 0. The molecule has 0 bridgehead atoms. The van der Waals surface area contributed by atoms with Gasteiger partial charge in [0.1, 0.15) is 6.10 Å². The average molecular weight is 467 g/mol. The molecule has 0 aromatic heterocycles. The lowest BCUT2D eigenvalue weighted by Crippen LogP contribution is -2.62. The number of likely N-dealkylation sites (tertiary alicyclic amines) is 1. The third-order valence-electron chi connectivity index (χ3n) is 7.63. The molecular weight excluding hydrogens is 408 g/mol. The first-order valence-electron chi connectivity index (χ1n) is 14.4. The number of rotatable bonds is 18. The molecule has 0 radical (unpaired) electrons. The van der Waals surface area contributed by atoms with Gasteiger partial charge in [-0.15, -0.1) is 0 Å². The largest absolute Gasteiger partial charge is 0.446 e. The van der Waals surface area contributed by atoms with Crippen LogP contribution in [-0.2, 0) is 4.74 Å². The minimum Gasteiger partial charge on any atom is -0.446 e. The summed E-state index contributed by atoms with van der Waals surface area (Å²) in [6, 6.07) is 0. The lowest BCUT2D eigenvalue weighted by Gasteiger charge is -2.55. The van der Waals surface area contributed by atoms with Crippen LogP contribution in [0.4, 0.5) is 4.79 Å². The fraction of sp³-hybridized carbons (Fsp3) is 0.966. The van der Waals surface area contributed by atoms with Crippen LogP contribution in [0.5, 0.6) is 0 Å². The standard InChI is InChI=1S/C29H58N2O2/c1-7-8-9-10-11-12-13-14-15-16-17-18-19-20-21-22-23-31-28(2,3)24-26(25-29(31,4)5)33-27(32)30-6/h26H,7-25H2,1-6H3,(H,30,32). The second kappa shape index (κ2) is 16.8. The number of nitrogens with one attached hydrogen (secondary N) is 1. The maximum absolute atomic E-state index is 11.7. The Kier molecular flexibility index (Phi) is 15.4. The van der Waals surface area contributed by atoms with E-state index in [9.17, 15) is 4.79 Å². The Labute approximate surface area is 207 Å². The highest BCUT2D eigenvalue weighted by Crippen LogP contribution is 2.39. The number of alkyl carbamates (subject to hydrolysis) is 1. The smallest absolute Gasteiger partial charge is 0.407 e. The maximum Gasteiger partial charge on any atom is 0.407 e. The summed E-state index contributed by atoms with van der Waals surface area (Å²) in [5, 5.41) is 2.59. The van der Waals surface area contributed by atoms with Crippen LogP contribution in [0.3, 0.4) is 0 Å². The quantitative estimate of drug-likeness (QED) is 0.205. The van der Waals surface area contributed by atoms with Crippen molar-refractivity contribution < 1.29 is 9.53 Å². The van der Waals surface area contributed by atoms with Gasteiger partial charge in [-0.05, 0) is 40.7 Å². The molecule has 0 aliphatic carbocycles. The van der Waals surface area contributed by atoms with Gasteiger partial charge in [0, 0.05) is 31.0 Å². The molecule has 0 unspecified atom stereocenters. The molecule has 0 aromatic carbocycles. The highest BCUT2D eigenvalue weighted by molar-refractivity contribution is 5.66. The molecule has 1 aliphatic rings. The molecule has 4 nitrogen and oxygen atoms in total. The zero-order valence-electron chi connectivity index (χ0n) is 23.3. The number of carbonyl (C=O) groups excluding carboxylic acids is 1. The van der Waals surface area contributed by atoms with E-state index in [4.69, 9.17) is 4.74 Å². The van der Waals surface area contributed by atoms with Crippen LogP contribution in [-0.4, -0.2) is 41.8 Å². The van der Waals surface area contributed by atoms with E-state index < -0.39 is 0 Å². The van der Waals surface area contributed by atoms with Gasteiger partial charge in [-0.1, -0.05) is 103 Å². The monoisotopic (exact) mass is 466 g/mol. The molecule has 196 valence electrons. The van der Waals surface area contributed by atoms with E-state index >= 15 is 0 Å². The van der Waals surface area contributed by atoms with Crippen LogP contribution in [0.25, 0.3) is 0 Å². The summed E-state index contributed by atoms with van der Waals surface area (Å²) in [5.41, 5.74) is 0.103. The Bertz CT molecular complexity index is 486.